The molecule has 0 radical (unpaired) electrons. The van der Waals surface area contributed by atoms with Crippen molar-refractivity contribution in [2.75, 3.05) is 0 Å². The molecule has 0 saturated carbocycles. The molecule has 0 heterocycles. The summed E-state index contributed by atoms with van der Waals surface area (Å²) in [6, 6.07) is 9.20. The van der Waals surface area contributed by atoms with Crippen LogP contribution in [0.3, 0.4) is 0 Å². The van der Waals surface area contributed by atoms with Gasteiger partial charge in [0, 0.05) is 0 Å². The lowest BCUT2D eigenvalue weighted by molar-refractivity contribution is -0.137. The lowest BCUT2D eigenvalue weighted by Crippen LogP contribution is -2.27. The van der Waals surface area contributed by atoms with Gasteiger partial charge in [0.05, 0.1) is 13.6 Å². The third kappa shape index (κ3) is 4.59. The molecule has 2 rings (SSSR count). The number of aryl methyl sites for hydroxylation is 3. The zero-order valence-electron chi connectivity index (χ0n) is 16.6. The molecule has 0 aliphatic heterocycles. The van der Waals surface area contributed by atoms with Crippen LogP contribution in [0.1, 0.15) is 33.4 Å². The Morgan fingerprint density at radius 3 is 1.78 bits per heavy atom. The van der Waals surface area contributed by atoms with Gasteiger partial charge in [0.1, 0.15) is 6.29 Å². The summed E-state index contributed by atoms with van der Waals surface area (Å²) in [4.78, 5) is 12.1. The molecular formula is C22H25F3OSi. The number of allylic oxidation sites excluding steroid dienone is 1. The second kappa shape index (κ2) is 7.47. The molecule has 0 N–H and O–H groups in total. The predicted octanol–water partition coefficient (Wildman–Crippen LogP) is 6.51. The van der Waals surface area contributed by atoms with Gasteiger partial charge in [-0.2, -0.15) is 13.2 Å². The van der Waals surface area contributed by atoms with Gasteiger partial charge < -0.3 is 0 Å². The lowest BCUT2D eigenvalue weighted by atomic mass is 9.89. The number of carbonyl (C=O) groups is 1. The first-order valence-electron chi connectivity index (χ1n) is 8.82. The van der Waals surface area contributed by atoms with Gasteiger partial charge in [-0.1, -0.05) is 49.5 Å². The number of rotatable bonds is 4. The Bertz CT molecular complexity index is 862. The number of hydrogen-bond acceptors (Lipinski definition) is 1. The number of hydrogen-bond donors (Lipinski definition) is 0. The van der Waals surface area contributed by atoms with Gasteiger partial charge in [0.25, 0.3) is 0 Å². The van der Waals surface area contributed by atoms with Gasteiger partial charge in [0.15, 0.2) is 0 Å². The van der Waals surface area contributed by atoms with Gasteiger partial charge in [-0.05, 0) is 65.9 Å². The molecule has 0 aliphatic rings. The zero-order chi connectivity index (χ0) is 20.6. The van der Waals surface area contributed by atoms with E-state index in [9.17, 15) is 18.0 Å². The number of halogens is 3. The predicted molar refractivity (Wildman–Crippen MR) is 108 cm³/mol. The summed E-state index contributed by atoms with van der Waals surface area (Å²) in [5.74, 6) is 0. The average molecular weight is 391 g/mol. The van der Waals surface area contributed by atoms with Crippen LogP contribution in [0.2, 0.25) is 19.6 Å². The van der Waals surface area contributed by atoms with Gasteiger partial charge >= 0.3 is 6.18 Å². The monoisotopic (exact) mass is 390 g/mol. The molecule has 144 valence electrons. The van der Waals surface area contributed by atoms with Crippen molar-refractivity contribution in [3.8, 4) is 0 Å². The van der Waals surface area contributed by atoms with Crippen molar-refractivity contribution in [1.82, 2.24) is 0 Å². The fourth-order valence-electron chi connectivity index (χ4n) is 3.45. The van der Waals surface area contributed by atoms with Gasteiger partial charge in [0.2, 0.25) is 0 Å². The number of aldehydes is 1. The Kier molecular flexibility index (Phi) is 5.85. The Morgan fingerprint density at radius 1 is 0.926 bits per heavy atom. The van der Waals surface area contributed by atoms with E-state index in [-0.39, 0.29) is 0 Å². The maximum atomic E-state index is 13.0. The number of alkyl halides is 3. The molecule has 0 aliphatic carbocycles. The van der Waals surface area contributed by atoms with Crippen molar-refractivity contribution < 1.29 is 18.0 Å². The summed E-state index contributed by atoms with van der Waals surface area (Å²) in [6.07, 6.45) is -3.50. The smallest absolute Gasteiger partial charge is 0.299 e. The minimum Gasteiger partial charge on any atom is -0.299 e. The summed E-state index contributed by atoms with van der Waals surface area (Å²) in [7, 11) is -2.04. The SMILES string of the molecule is Cc1cc(C)c(/C(=C(\C=O)[Si](C)(C)C)c2ccc(C(F)(F)F)cc2)c(C)c1. The Hall–Kier alpha value is -2.14. The lowest BCUT2D eigenvalue weighted by Gasteiger charge is -2.24. The molecular weight excluding hydrogens is 365 g/mol. The van der Waals surface area contributed by atoms with E-state index in [4.69, 9.17) is 0 Å². The summed E-state index contributed by atoms with van der Waals surface area (Å²) < 4.78 is 38.9. The van der Waals surface area contributed by atoms with E-state index in [2.05, 4.69) is 19.6 Å². The molecule has 2 aromatic carbocycles. The van der Waals surface area contributed by atoms with Crippen molar-refractivity contribution in [3.05, 3.63) is 75.0 Å². The molecule has 0 saturated heterocycles. The van der Waals surface area contributed by atoms with Crippen LogP contribution in [0.5, 0.6) is 0 Å². The van der Waals surface area contributed by atoms with Crippen LogP contribution < -0.4 is 0 Å². The highest BCUT2D eigenvalue weighted by atomic mass is 28.3. The first-order chi connectivity index (χ1) is 12.4. The van der Waals surface area contributed by atoms with Gasteiger partial charge in [-0.3, -0.25) is 4.79 Å². The topological polar surface area (TPSA) is 17.1 Å². The molecule has 0 aromatic heterocycles. The van der Waals surface area contributed by atoms with E-state index in [1.54, 1.807) is 0 Å². The van der Waals surface area contributed by atoms with Crippen LogP contribution in [0, 0.1) is 20.8 Å². The molecule has 0 bridgehead atoms. The quantitative estimate of drug-likeness (QED) is 0.330. The van der Waals surface area contributed by atoms with Crippen molar-refractivity contribution in [1.29, 1.82) is 0 Å². The van der Waals surface area contributed by atoms with Crippen LogP contribution >= 0.6 is 0 Å². The van der Waals surface area contributed by atoms with Crippen molar-refractivity contribution in [2.24, 2.45) is 0 Å². The summed E-state index contributed by atoms with van der Waals surface area (Å²) in [6.45, 7) is 12.2. The summed E-state index contributed by atoms with van der Waals surface area (Å²) >= 11 is 0. The maximum Gasteiger partial charge on any atom is 0.416 e. The summed E-state index contributed by atoms with van der Waals surface area (Å²) in [5.41, 5.74) is 4.78. The number of benzene rings is 2. The van der Waals surface area contributed by atoms with Crippen molar-refractivity contribution >= 4 is 19.9 Å². The highest BCUT2D eigenvalue weighted by Gasteiger charge is 2.31. The van der Waals surface area contributed by atoms with Crippen LogP contribution in [0.4, 0.5) is 13.2 Å². The van der Waals surface area contributed by atoms with E-state index in [0.29, 0.717) is 10.8 Å². The third-order valence-corrected chi connectivity index (χ3v) is 6.61. The number of carbonyl (C=O) groups excluding carboxylic acids is 1. The molecule has 0 spiro atoms. The molecule has 0 atom stereocenters. The second-order valence-electron chi connectivity index (χ2n) is 8.01. The fourth-order valence-corrected chi connectivity index (χ4v) is 4.82. The standard InChI is InChI=1S/C22H25F3OSi/c1-14-11-15(2)20(16(3)12-14)21(19(13-26)27(4,5)6)17-7-9-18(10-8-17)22(23,24)25/h7-13H,1-6H3/b21-19+. The highest BCUT2D eigenvalue weighted by molar-refractivity contribution is 6.87. The Labute approximate surface area is 159 Å². The summed E-state index contributed by atoms with van der Waals surface area (Å²) in [5, 5.41) is 0.706. The van der Waals surface area contributed by atoms with Crippen molar-refractivity contribution in [2.45, 2.75) is 46.6 Å². The van der Waals surface area contributed by atoms with Crippen LogP contribution in [-0.4, -0.2) is 14.4 Å². The Morgan fingerprint density at radius 2 is 1.41 bits per heavy atom. The van der Waals surface area contributed by atoms with E-state index >= 15 is 0 Å². The fraction of sp³-hybridized carbons (Fsp3) is 0.318. The molecule has 27 heavy (non-hydrogen) atoms. The van der Waals surface area contributed by atoms with Crippen LogP contribution in [0.15, 0.2) is 41.6 Å². The van der Waals surface area contributed by atoms with Gasteiger partial charge in [-0.25, -0.2) is 0 Å². The van der Waals surface area contributed by atoms with Crippen LogP contribution in [0.25, 0.3) is 5.57 Å². The molecule has 2 aromatic rings. The van der Waals surface area contributed by atoms with E-state index in [0.717, 1.165) is 46.2 Å². The van der Waals surface area contributed by atoms with Crippen LogP contribution in [-0.2, 0) is 11.0 Å². The minimum atomic E-state index is -4.38. The molecule has 1 nitrogen and oxygen atoms in total. The Balaban J connectivity index is 2.85. The largest absolute Gasteiger partial charge is 0.416 e. The molecule has 0 amide bonds. The van der Waals surface area contributed by atoms with E-state index < -0.39 is 19.8 Å². The maximum absolute atomic E-state index is 13.0. The second-order valence-corrected chi connectivity index (χ2v) is 13.0. The van der Waals surface area contributed by atoms with E-state index in [1.807, 2.05) is 32.9 Å². The molecule has 5 heteroatoms. The first kappa shape index (κ1) is 21.2. The third-order valence-electron chi connectivity index (χ3n) is 4.62. The average Bonchev–Trinajstić information content (AvgIpc) is 2.51. The first-order valence-corrected chi connectivity index (χ1v) is 12.3. The van der Waals surface area contributed by atoms with Gasteiger partial charge in [-0.15, -0.1) is 0 Å². The molecule has 0 fully saturated rings. The highest BCUT2D eigenvalue weighted by Crippen LogP contribution is 2.37. The normalized spacial score (nSPS) is 13.4. The van der Waals surface area contributed by atoms with Crippen molar-refractivity contribution in [3.63, 3.8) is 0 Å². The van der Waals surface area contributed by atoms with E-state index in [1.165, 1.54) is 12.1 Å². The molecule has 0 unspecified atom stereocenters. The zero-order valence-corrected chi connectivity index (χ0v) is 17.6. The minimum absolute atomic E-state index is 0.641.